The maximum absolute atomic E-state index is 13.2. The van der Waals surface area contributed by atoms with E-state index in [4.69, 9.17) is 4.74 Å². The minimum Gasteiger partial charge on any atom is -0.394 e. The monoisotopic (exact) mass is 299 g/mol. The Morgan fingerprint density at radius 2 is 2.14 bits per heavy atom. The Hall–Kier alpha value is -1.53. The highest BCUT2D eigenvalue weighted by Gasteiger charge is 2.35. The summed E-state index contributed by atoms with van der Waals surface area (Å²) in [6.45, 7) is 4.20. The predicted molar refractivity (Wildman–Crippen MR) is 72.7 cm³/mol. The number of aliphatic hydroxyl groups excluding tert-OH is 1. The van der Waals surface area contributed by atoms with Gasteiger partial charge in [0.15, 0.2) is 11.6 Å². The topological polar surface area (TPSA) is 49.8 Å². The molecule has 1 aromatic rings. The zero-order chi connectivity index (χ0) is 15.6. The number of hydrogen-bond acceptors (Lipinski definition) is 3. The Morgan fingerprint density at radius 1 is 1.43 bits per heavy atom. The number of benzene rings is 1. The molecule has 21 heavy (non-hydrogen) atoms. The van der Waals surface area contributed by atoms with Crippen LogP contribution >= 0.6 is 0 Å². The van der Waals surface area contributed by atoms with Gasteiger partial charge in [0, 0.05) is 13.1 Å². The minimum absolute atomic E-state index is 0.00850. The first kappa shape index (κ1) is 15.9. The molecule has 1 saturated heterocycles. The fourth-order valence-corrected chi connectivity index (χ4v) is 2.52. The van der Waals surface area contributed by atoms with Crippen LogP contribution in [0.3, 0.4) is 0 Å². The van der Waals surface area contributed by atoms with Crippen LogP contribution in [-0.2, 0) is 16.0 Å². The third-order valence-corrected chi connectivity index (χ3v) is 3.38. The second-order valence-corrected chi connectivity index (χ2v) is 5.88. The molecular formula is C15H19F2NO3. The molecule has 1 aliphatic heterocycles. The number of ether oxygens (including phenoxy) is 1. The summed E-state index contributed by atoms with van der Waals surface area (Å²) in [6.07, 6.45) is -0.437. The zero-order valence-corrected chi connectivity index (χ0v) is 12.1. The lowest BCUT2D eigenvalue weighted by Gasteiger charge is -2.42. The molecule has 2 rings (SSSR count). The fourth-order valence-electron chi connectivity index (χ4n) is 2.52. The number of hydrogen-bond donors (Lipinski definition) is 1. The summed E-state index contributed by atoms with van der Waals surface area (Å²) in [4.78, 5) is 13.9. The largest absolute Gasteiger partial charge is 0.394 e. The highest BCUT2D eigenvalue weighted by atomic mass is 19.2. The first-order valence-electron chi connectivity index (χ1n) is 6.81. The molecule has 0 saturated carbocycles. The molecule has 0 radical (unpaired) electrons. The summed E-state index contributed by atoms with van der Waals surface area (Å²) in [6, 6.07) is 3.44. The SMILES string of the molecule is CC1(C)CN(C(=O)Cc2ccc(F)c(F)c2)CC(CO)O1. The normalized spacial score (nSPS) is 21.4. The molecule has 0 aliphatic carbocycles. The van der Waals surface area contributed by atoms with Crippen LogP contribution in [-0.4, -0.2) is 47.3 Å². The van der Waals surface area contributed by atoms with Crippen molar-refractivity contribution in [3.63, 3.8) is 0 Å². The summed E-state index contributed by atoms with van der Waals surface area (Å²) in [5.41, 5.74) is -0.126. The number of carbonyl (C=O) groups excluding carboxylic acids is 1. The molecule has 116 valence electrons. The van der Waals surface area contributed by atoms with Crippen LogP contribution in [0.1, 0.15) is 19.4 Å². The Balaban J connectivity index is 2.06. The van der Waals surface area contributed by atoms with E-state index in [1.807, 2.05) is 13.8 Å². The average molecular weight is 299 g/mol. The lowest BCUT2D eigenvalue weighted by molar-refractivity contribution is -0.166. The number of nitrogens with zero attached hydrogens (tertiary/aromatic N) is 1. The quantitative estimate of drug-likeness (QED) is 0.920. The molecule has 1 atom stereocenters. The van der Waals surface area contributed by atoms with E-state index in [-0.39, 0.29) is 18.9 Å². The van der Waals surface area contributed by atoms with Crippen molar-refractivity contribution in [1.82, 2.24) is 4.90 Å². The van der Waals surface area contributed by atoms with E-state index >= 15 is 0 Å². The smallest absolute Gasteiger partial charge is 0.227 e. The molecular weight excluding hydrogens is 280 g/mol. The fraction of sp³-hybridized carbons (Fsp3) is 0.533. The Morgan fingerprint density at radius 3 is 2.76 bits per heavy atom. The van der Waals surface area contributed by atoms with Gasteiger partial charge in [0.05, 0.1) is 24.7 Å². The van der Waals surface area contributed by atoms with Crippen molar-refractivity contribution < 1.29 is 23.4 Å². The Bertz CT molecular complexity index is 534. The van der Waals surface area contributed by atoms with E-state index in [2.05, 4.69) is 0 Å². The van der Waals surface area contributed by atoms with Gasteiger partial charge in [-0.05, 0) is 31.5 Å². The van der Waals surface area contributed by atoms with E-state index in [0.29, 0.717) is 18.7 Å². The minimum atomic E-state index is -0.962. The first-order valence-corrected chi connectivity index (χ1v) is 6.81. The third kappa shape index (κ3) is 3.98. The van der Waals surface area contributed by atoms with Gasteiger partial charge in [-0.3, -0.25) is 4.79 Å². The Labute approximate surface area is 122 Å². The van der Waals surface area contributed by atoms with Crippen LogP contribution in [0.4, 0.5) is 8.78 Å². The van der Waals surface area contributed by atoms with Crippen molar-refractivity contribution in [1.29, 1.82) is 0 Å². The predicted octanol–water partition coefficient (Wildman–Crippen LogP) is 1.51. The van der Waals surface area contributed by atoms with Crippen LogP contribution in [0.2, 0.25) is 0 Å². The van der Waals surface area contributed by atoms with E-state index < -0.39 is 23.3 Å². The van der Waals surface area contributed by atoms with Crippen molar-refractivity contribution in [2.24, 2.45) is 0 Å². The van der Waals surface area contributed by atoms with E-state index in [1.54, 1.807) is 4.90 Å². The number of morpholine rings is 1. The molecule has 6 heteroatoms. The highest BCUT2D eigenvalue weighted by Crippen LogP contribution is 2.21. The lowest BCUT2D eigenvalue weighted by Crippen LogP contribution is -2.55. The van der Waals surface area contributed by atoms with Crippen LogP contribution in [0.15, 0.2) is 18.2 Å². The van der Waals surface area contributed by atoms with Crippen molar-refractivity contribution in [2.75, 3.05) is 19.7 Å². The second kappa shape index (κ2) is 6.07. The van der Waals surface area contributed by atoms with Gasteiger partial charge < -0.3 is 14.7 Å². The molecule has 1 N–H and O–H groups in total. The molecule has 0 aromatic heterocycles. The van der Waals surface area contributed by atoms with Crippen LogP contribution in [0.5, 0.6) is 0 Å². The number of amides is 1. The van der Waals surface area contributed by atoms with Crippen molar-refractivity contribution >= 4 is 5.91 Å². The molecule has 0 bridgehead atoms. The Kier molecular flexibility index (Phi) is 4.58. The summed E-state index contributed by atoms with van der Waals surface area (Å²) in [5.74, 6) is -2.09. The maximum Gasteiger partial charge on any atom is 0.227 e. The summed E-state index contributed by atoms with van der Waals surface area (Å²) < 4.78 is 31.7. The molecule has 4 nitrogen and oxygen atoms in total. The van der Waals surface area contributed by atoms with Crippen molar-refractivity contribution in [3.8, 4) is 0 Å². The summed E-state index contributed by atoms with van der Waals surface area (Å²) in [5, 5.41) is 9.23. The van der Waals surface area contributed by atoms with Gasteiger partial charge >= 0.3 is 0 Å². The molecule has 1 aromatic carbocycles. The molecule has 0 spiro atoms. The van der Waals surface area contributed by atoms with Gasteiger partial charge in [-0.15, -0.1) is 0 Å². The van der Waals surface area contributed by atoms with Gasteiger partial charge in [0.25, 0.3) is 0 Å². The summed E-state index contributed by atoms with van der Waals surface area (Å²) in [7, 11) is 0. The molecule has 1 heterocycles. The van der Waals surface area contributed by atoms with Gasteiger partial charge in [-0.2, -0.15) is 0 Å². The third-order valence-electron chi connectivity index (χ3n) is 3.38. The van der Waals surface area contributed by atoms with Crippen molar-refractivity contribution in [3.05, 3.63) is 35.4 Å². The lowest BCUT2D eigenvalue weighted by atomic mass is 10.0. The van der Waals surface area contributed by atoms with Gasteiger partial charge in [-0.25, -0.2) is 8.78 Å². The number of carbonyl (C=O) groups is 1. The second-order valence-electron chi connectivity index (χ2n) is 5.88. The van der Waals surface area contributed by atoms with Gasteiger partial charge in [0.2, 0.25) is 5.91 Å². The van der Waals surface area contributed by atoms with E-state index in [9.17, 15) is 18.7 Å². The van der Waals surface area contributed by atoms with Crippen LogP contribution in [0.25, 0.3) is 0 Å². The molecule has 1 aliphatic rings. The van der Waals surface area contributed by atoms with Crippen LogP contribution in [0, 0.1) is 11.6 Å². The number of aliphatic hydroxyl groups is 1. The zero-order valence-electron chi connectivity index (χ0n) is 12.1. The van der Waals surface area contributed by atoms with Gasteiger partial charge in [0.1, 0.15) is 0 Å². The molecule has 1 amide bonds. The van der Waals surface area contributed by atoms with Crippen LogP contribution < -0.4 is 0 Å². The maximum atomic E-state index is 13.2. The van der Waals surface area contributed by atoms with E-state index in [0.717, 1.165) is 12.1 Å². The standard InChI is InChI=1S/C15H19F2NO3/c1-15(2)9-18(7-11(8-19)21-15)14(20)6-10-3-4-12(16)13(17)5-10/h3-5,11,19H,6-9H2,1-2H3. The highest BCUT2D eigenvalue weighted by molar-refractivity contribution is 5.79. The summed E-state index contributed by atoms with van der Waals surface area (Å²) >= 11 is 0. The average Bonchev–Trinajstić information content (AvgIpc) is 2.41. The van der Waals surface area contributed by atoms with Crippen molar-refractivity contribution in [2.45, 2.75) is 32.0 Å². The first-order chi connectivity index (χ1) is 9.80. The van der Waals surface area contributed by atoms with E-state index in [1.165, 1.54) is 6.07 Å². The molecule has 1 unspecified atom stereocenters. The number of rotatable bonds is 3. The number of halogens is 2. The van der Waals surface area contributed by atoms with Gasteiger partial charge in [-0.1, -0.05) is 6.07 Å². The molecule has 1 fully saturated rings.